The number of nitrogens with zero attached hydrogens (tertiary/aromatic N) is 2. The Labute approximate surface area is 398 Å². The lowest BCUT2D eigenvalue weighted by Crippen LogP contribution is -2.28. The average Bonchev–Trinajstić information content (AvgIpc) is 3.31. The maximum absolute atomic E-state index is 13.3. The number of hydrogen-bond donors (Lipinski definition) is 0. The predicted octanol–water partition coefficient (Wildman–Crippen LogP) is 17.5. The summed E-state index contributed by atoms with van der Waals surface area (Å²) in [6, 6.07) is 7.03. The monoisotopic (exact) mass is 897 g/mol. The minimum Gasteiger partial charge on any atom is -0.462 e. The van der Waals surface area contributed by atoms with Gasteiger partial charge in [0.15, 0.2) is 0 Å². The third kappa shape index (κ3) is 37.2. The van der Waals surface area contributed by atoms with Crippen molar-refractivity contribution in [2.45, 2.75) is 272 Å². The van der Waals surface area contributed by atoms with Gasteiger partial charge in [-0.1, -0.05) is 245 Å². The molecule has 0 aliphatic carbocycles. The van der Waals surface area contributed by atoms with Crippen molar-refractivity contribution in [1.82, 2.24) is 9.80 Å². The Morgan fingerprint density at radius 1 is 0.312 bits per heavy atom. The Morgan fingerprint density at radius 3 is 0.750 bits per heavy atom. The van der Waals surface area contributed by atoms with Gasteiger partial charge >= 0.3 is 11.9 Å². The molecule has 1 aromatic carbocycles. The standard InChI is InChI=1S/C58H108N2O4/c1-5-9-13-17-21-25-29-33-39-47-59(48-40-34-30-26-22-18-14-10-6-2)51-43-53-63-57(61)55-45-37-38-46-56(55)58(62)64-54-44-52-60(49-41-35-31-27-23-19-15-11-7-3)50-42-36-32-28-24-20-16-12-8-4/h37-38,45-46H,5-36,39-44,47-54H2,1-4H3. The van der Waals surface area contributed by atoms with E-state index in [1.807, 2.05) is 12.1 Å². The van der Waals surface area contributed by atoms with Crippen LogP contribution in [-0.2, 0) is 9.47 Å². The van der Waals surface area contributed by atoms with Gasteiger partial charge in [0.1, 0.15) is 0 Å². The molecule has 0 aliphatic rings. The van der Waals surface area contributed by atoms with Gasteiger partial charge in [-0.2, -0.15) is 0 Å². The summed E-state index contributed by atoms with van der Waals surface area (Å²) >= 11 is 0. The van der Waals surface area contributed by atoms with E-state index in [0.717, 1.165) is 52.1 Å². The van der Waals surface area contributed by atoms with Gasteiger partial charge in [0, 0.05) is 13.1 Å². The number of unbranched alkanes of at least 4 members (excludes halogenated alkanes) is 32. The third-order valence-corrected chi connectivity index (χ3v) is 13.4. The van der Waals surface area contributed by atoms with Crippen LogP contribution in [-0.4, -0.2) is 74.2 Å². The predicted molar refractivity (Wildman–Crippen MR) is 278 cm³/mol. The molecule has 0 atom stereocenters. The van der Waals surface area contributed by atoms with E-state index in [1.165, 1.54) is 231 Å². The average molecular weight is 898 g/mol. The molecular weight excluding hydrogens is 789 g/mol. The Balaban J connectivity index is 2.56. The van der Waals surface area contributed by atoms with Crippen LogP contribution < -0.4 is 0 Å². The molecule has 6 heteroatoms. The molecule has 1 rings (SSSR count). The van der Waals surface area contributed by atoms with Crippen LogP contribution in [0.4, 0.5) is 0 Å². The second-order valence-electron chi connectivity index (χ2n) is 19.5. The van der Waals surface area contributed by atoms with Crippen molar-refractivity contribution in [3.63, 3.8) is 0 Å². The molecule has 0 heterocycles. The van der Waals surface area contributed by atoms with Crippen LogP contribution in [0.1, 0.15) is 292 Å². The maximum Gasteiger partial charge on any atom is 0.339 e. The zero-order valence-electron chi connectivity index (χ0n) is 43.4. The van der Waals surface area contributed by atoms with E-state index in [9.17, 15) is 9.59 Å². The van der Waals surface area contributed by atoms with Crippen molar-refractivity contribution < 1.29 is 19.1 Å². The van der Waals surface area contributed by atoms with Gasteiger partial charge in [-0.3, -0.25) is 0 Å². The fourth-order valence-electron chi connectivity index (χ4n) is 9.16. The maximum atomic E-state index is 13.3. The molecule has 6 nitrogen and oxygen atoms in total. The molecule has 0 fully saturated rings. The zero-order chi connectivity index (χ0) is 46.2. The number of benzene rings is 1. The molecule has 1 aromatic rings. The van der Waals surface area contributed by atoms with Crippen molar-refractivity contribution in [3.8, 4) is 0 Å². The normalized spacial score (nSPS) is 11.6. The molecule has 64 heavy (non-hydrogen) atoms. The molecule has 0 radical (unpaired) electrons. The van der Waals surface area contributed by atoms with E-state index in [-0.39, 0.29) is 0 Å². The molecule has 0 aromatic heterocycles. The van der Waals surface area contributed by atoms with Crippen LogP contribution >= 0.6 is 0 Å². The zero-order valence-corrected chi connectivity index (χ0v) is 43.4. The van der Waals surface area contributed by atoms with Crippen molar-refractivity contribution >= 4 is 11.9 Å². The lowest BCUT2D eigenvalue weighted by Gasteiger charge is -2.22. The summed E-state index contributed by atoms with van der Waals surface area (Å²) in [6.45, 7) is 16.3. The Kier molecular flexibility index (Phi) is 44.7. The molecular formula is C58H108N2O4. The Morgan fingerprint density at radius 2 is 0.516 bits per heavy atom. The molecule has 0 amide bonds. The van der Waals surface area contributed by atoms with E-state index >= 15 is 0 Å². The first kappa shape index (κ1) is 60.1. The summed E-state index contributed by atoms with van der Waals surface area (Å²) < 4.78 is 11.6. The lowest BCUT2D eigenvalue weighted by atomic mass is 10.1. The molecule has 0 saturated heterocycles. The first-order valence-electron chi connectivity index (χ1n) is 28.4. The minimum absolute atomic E-state index is 0.311. The lowest BCUT2D eigenvalue weighted by molar-refractivity contribution is 0.0440. The van der Waals surface area contributed by atoms with E-state index in [2.05, 4.69) is 37.5 Å². The van der Waals surface area contributed by atoms with Crippen LogP contribution in [0.25, 0.3) is 0 Å². The molecule has 0 N–H and O–H groups in total. The van der Waals surface area contributed by atoms with E-state index in [0.29, 0.717) is 24.3 Å². The SMILES string of the molecule is CCCCCCCCCCCN(CCCCCCCCCCC)CCCOC(=O)c1ccccc1C(=O)OCCCN(CCCCCCCCCCC)CCCCCCCCCCC. The number of carbonyl (C=O) groups excluding carboxylic acids is 2. The van der Waals surface area contributed by atoms with E-state index in [4.69, 9.17) is 9.47 Å². The van der Waals surface area contributed by atoms with Crippen LogP contribution in [0.2, 0.25) is 0 Å². The number of rotatable bonds is 50. The number of carbonyl (C=O) groups is 2. The van der Waals surface area contributed by atoms with Gasteiger partial charge in [0.2, 0.25) is 0 Å². The number of ether oxygens (including phenoxy) is 2. The number of esters is 2. The third-order valence-electron chi connectivity index (χ3n) is 13.4. The van der Waals surface area contributed by atoms with Crippen molar-refractivity contribution in [1.29, 1.82) is 0 Å². The van der Waals surface area contributed by atoms with Gasteiger partial charge in [0.25, 0.3) is 0 Å². The first-order chi connectivity index (χ1) is 31.6. The van der Waals surface area contributed by atoms with Crippen molar-refractivity contribution in [2.75, 3.05) is 52.5 Å². The highest BCUT2D eigenvalue weighted by atomic mass is 16.5. The summed E-state index contributed by atoms with van der Waals surface area (Å²) in [5.41, 5.74) is 0.622. The second kappa shape index (κ2) is 47.6. The summed E-state index contributed by atoms with van der Waals surface area (Å²) in [4.78, 5) is 31.9. The Bertz CT molecular complexity index is 1010. The Hall–Kier alpha value is -1.92. The van der Waals surface area contributed by atoms with Gasteiger partial charge in [0.05, 0.1) is 24.3 Å². The molecule has 0 spiro atoms. The number of hydrogen-bond acceptors (Lipinski definition) is 6. The van der Waals surface area contributed by atoms with Crippen LogP contribution in [0, 0.1) is 0 Å². The van der Waals surface area contributed by atoms with Crippen molar-refractivity contribution in [2.24, 2.45) is 0 Å². The van der Waals surface area contributed by atoms with E-state index in [1.54, 1.807) is 12.1 Å². The smallest absolute Gasteiger partial charge is 0.339 e. The molecule has 374 valence electrons. The summed E-state index contributed by atoms with van der Waals surface area (Å²) in [5.74, 6) is -0.852. The quantitative estimate of drug-likeness (QED) is 0.0480. The van der Waals surface area contributed by atoms with Gasteiger partial charge in [-0.15, -0.1) is 0 Å². The largest absolute Gasteiger partial charge is 0.462 e. The molecule has 0 unspecified atom stereocenters. The fraction of sp³-hybridized carbons (Fsp3) is 0.862. The molecule has 0 bridgehead atoms. The highest BCUT2D eigenvalue weighted by Crippen LogP contribution is 2.17. The van der Waals surface area contributed by atoms with E-state index < -0.39 is 11.9 Å². The van der Waals surface area contributed by atoms with Gasteiger partial charge < -0.3 is 19.3 Å². The van der Waals surface area contributed by atoms with Crippen LogP contribution in [0.5, 0.6) is 0 Å². The summed E-state index contributed by atoms with van der Waals surface area (Å²) in [6.07, 6.45) is 50.1. The van der Waals surface area contributed by atoms with Crippen LogP contribution in [0.15, 0.2) is 24.3 Å². The minimum atomic E-state index is -0.426. The highest BCUT2D eigenvalue weighted by Gasteiger charge is 2.19. The van der Waals surface area contributed by atoms with Crippen molar-refractivity contribution in [3.05, 3.63) is 35.4 Å². The highest BCUT2D eigenvalue weighted by molar-refractivity contribution is 6.03. The van der Waals surface area contributed by atoms with Crippen LogP contribution in [0.3, 0.4) is 0 Å². The second-order valence-corrected chi connectivity index (χ2v) is 19.5. The van der Waals surface area contributed by atoms with Gasteiger partial charge in [-0.25, -0.2) is 9.59 Å². The topological polar surface area (TPSA) is 59.1 Å². The summed E-state index contributed by atoms with van der Waals surface area (Å²) in [5, 5.41) is 0. The molecule has 0 saturated carbocycles. The summed E-state index contributed by atoms with van der Waals surface area (Å²) in [7, 11) is 0. The first-order valence-corrected chi connectivity index (χ1v) is 28.4. The molecule has 0 aliphatic heterocycles. The fourth-order valence-corrected chi connectivity index (χ4v) is 9.16. The van der Waals surface area contributed by atoms with Gasteiger partial charge in [-0.05, 0) is 76.8 Å².